The minimum atomic E-state index is 1.28. The van der Waals surface area contributed by atoms with Crippen LogP contribution in [-0.2, 0) is 0 Å². The third-order valence-electron chi connectivity index (χ3n) is 3.76. The molecule has 0 saturated heterocycles. The van der Waals surface area contributed by atoms with Gasteiger partial charge >= 0.3 is 0 Å². The van der Waals surface area contributed by atoms with Crippen molar-refractivity contribution in [3.05, 3.63) is 121 Å². The van der Waals surface area contributed by atoms with Crippen LogP contribution in [-0.4, -0.2) is 13.1 Å². The maximum atomic E-state index is 6.50. The molecule has 1 N–H and O–H groups in total. The maximum Gasteiger partial charge on any atom is 0.277 e. The minimum Gasteiger partial charge on any atom is -0.461 e. The normalized spacial score (nSPS) is 9.12. The van der Waals surface area contributed by atoms with Crippen LogP contribution in [0.2, 0.25) is 0 Å². The van der Waals surface area contributed by atoms with Gasteiger partial charge in [0, 0.05) is 0 Å². The van der Waals surface area contributed by atoms with Gasteiger partial charge in [0.15, 0.2) is 0 Å². The Labute approximate surface area is 157 Å². The van der Waals surface area contributed by atoms with Crippen LogP contribution in [0.4, 0.5) is 0 Å². The molecule has 0 bridgehead atoms. The highest BCUT2D eigenvalue weighted by molar-refractivity contribution is 5.95. The molecule has 4 aromatic rings. The molecule has 0 saturated carbocycles. The highest BCUT2D eigenvalue weighted by Crippen LogP contribution is 2.18. The first-order valence-electron chi connectivity index (χ1n) is 8.40. The van der Waals surface area contributed by atoms with Crippen molar-refractivity contribution < 1.29 is 5.02 Å². The zero-order chi connectivity index (χ0) is 18.5. The summed E-state index contributed by atoms with van der Waals surface area (Å²) in [5.41, 5.74) is 5.10. The van der Waals surface area contributed by atoms with Gasteiger partial charge in [-0.3, -0.25) is 0 Å². The lowest BCUT2D eigenvalue weighted by atomic mass is 10.1. The van der Waals surface area contributed by atoms with Crippen LogP contribution in [0.15, 0.2) is 121 Å². The van der Waals surface area contributed by atoms with E-state index in [1.54, 1.807) is 0 Å². The Morgan fingerprint density at radius 3 is 0.615 bits per heavy atom. The second-order valence-corrected chi connectivity index (χ2v) is 5.46. The maximum absolute atomic E-state index is 6.50. The molecule has 0 aliphatic carbocycles. The molecule has 126 valence electrons. The smallest absolute Gasteiger partial charge is 0.277 e. The van der Waals surface area contributed by atoms with Crippen LogP contribution in [0.3, 0.4) is 0 Å². The molecule has 2 radical (unpaired) electrons. The predicted octanol–water partition coefficient (Wildman–Crippen LogP) is 5.77. The first kappa shape index (κ1) is 19.2. The topological polar surface area (TPSA) is 20.2 Å². The Bertz CT molecular complexity index is 682. The standard InChI is InChI=1S/2C12H10.BHO/c2*1-3-7-11(8-4-1)12-9-5-2-6-10-12;1-2/h2*1-10H;2H. The lowest BCUT2D eigenvalue weighted by Gasteiger charge is -1.98. The van der Waals surface area contributed by atoms with E-state index >= 15 is 0 Å². The van der Waals surface area contributed by atoms with Gasteiger partial charge in [-0.05, 0) is 22.3 Å². The van der Waals surface area contributed by atoms with E-state index in [0.29, 0.717) is 0 Å². The van der Waals surface area contributed by atoms with Crippen LogP contribution in [0.5, 0.6) is 0 Å². The highest BCUT2D eigenvalue weighted by atomic mass is 16.2. The summed E-state index contributed by atoms with van der Waals surface area (Å²) in [6.07, 6.45) is 0. The highest BCUT2D eigenvalue weighted by Gasteiger charge is 1.92. The molecule has 1 nitrogen and oxygen atoms in total. The number of benzene rings is 4. The van der Waals surface area contributed by atoms with E-state index in [2.05, 4.69) is 105 Å². The van der Waals surface area contributed by atoms with E-state index in [-0.39, 0.29) is 0 Å². The van der Waals surface area contributed by atoms with Gasteiger partial charge in [-0.1, -0.05) is 121 Å². The molecule has 0 amide bonds. The molecule has 0 spiro atoms. The Hall–Kier alpha value is -3.10. The molecular formula is C24H21BO. The monoisotopic (exact) mass is 336 g/mol. The third-order valence-corrected chi connectivity index (χ3v) is 3.76. The van der Waals surface area contributed by atoms with Gasteiger partial charge in [-0.2, -0.15) is 0 Å². The van der Waals surface area contributed by atoms with Crippen molar-refractivity contribution in [1.29, 1.82) is 0 Å². The molecule has 0 fully saturated rings. The summed E-state index contributed by atoms with van der Waals surface area (Å²) in [6, 6.07) is 41.6. The SMILES string of the molecule is [B]O.c1ccc(-c2ccccc2)cc1.c1ccc(-c2ccccc2)cc1. The molecule has 0 atom stereocenters. The zero-order valence-corrected chi connectivity index (χ0v) is 14.6. The molecular weight excluding hydrogens is 315 g/mol. The van der Waals surface area contributed by atoms with E-state index in [1.165, 1.54) is 22.3 Å². The van der Waals surface area contributed by atoms with Crippen molar-refractivity contribution in [2.24, 2.45) is 0 Å². The molecule has 4 rings (SSSR count). The fraction of sp³-hybridized carbons (Fsp3) is 0. The van der Waals surface area contributed by atoms with Crippen LogP contribution >= 0.6 is 0 Å². The Balaban J connectivity index is 0.000000171. The van der Waals surface area contributed by atoms with Gasteiger partial charge in [0.25, 0.3) is 8.05 Å². The lowest BCUT2D eigenvalue weighted by molar-refractivity contribution is 0.629. The average Bonchev–Trinajstić information content (AvgIpc) is 2.78. The van der Waals surface area contributed by atoms with E-state index in [0.717, 1.165) is 0 Å². The van der Waals surface area contributed by atoms with Gasteiger partial charge < -0.3 is 5.02 Å². The average molecular weight is 336 g/mol. The van der Waals surface area contributed by atoms with Crippen molar-refractivity contribution >= 4 is 8.05 Å². The Kier molecular flexibility index (Phi) is 8.48. The first-order valence-corrected chi connectivity index (χ1v) is 8.40. The van der Waals surface area contributed by atoms with Gasteiger partial charge in [-0.25, -0.2) is 0 Å². The summed E-state index contributed by atoms with van der Waals surface area (Å²) in [7, 11) is 3.50. The zero-order valence-electron chi connectivity index (χ0n) is 14.6. The summed E-state index contributed by atoms with van der Waals surface area (Å²) in [4.78, 5) is 0. The van der Waals surface area contributed by atoms with Crippen molar-refractivity contribution in [2.75, 3.05) is 0 Å². The Morgan fingerprint density at radius 2 is 0.462 bits per heavy atom. The van der Waals surface area contributed by atoms with E-state index in [9.17, 15) is 0 Å². The molecule has 4 aromatic carbocycles. The van der Waals surface area contributed by atoms with Crippen molar-refractivity contribution in [2.45, 2.75) is 0 Å². The first-order chi connectivity index (χ1) is 12.9. The summed E-state index contributed by atoms with van der Waals surface area (Å²) in [5.74, 6) is 0. The predicted molar refractivity (Wildman–Crippen MR) is 112 cm³/mol. The number of hydrogen-bond donors (Lipinski definition) is 1. The quantitative estimate of drug-likeness (QED) is 0.461. The fourth-order valence-corrected chi connectivity index (χ4v) is 2.52. The van der Waals surface area contributed by atoms with E-state index < -0.39 is 0 Å². The van der Waals surface area contributed by atoms with E-state index in [1.807, 2.05) is 24.3 Å². The van der Waals surface area contributed by atoms with Crippen LogP contribution in [0.1, 0.15) is 0 Å². The third kappa shape index (κ3) is 6.08. The van der Waals surface area contributed by atoms with E-state index in [4.69, 9.17) is 5.02 Å². The van der Waals surface area contributed by atoms with Gasteiger partial charge in [-0.15, -0.1) is 0 Å². The summed E-state index contributed by atoms with van der Waals surface area (Å²) < 4.78 is 0. The van der Waals surface area contributed by atoms with Crippen molar-refractivity contribution in [3.63, 3.8) is 0 Å². The minimum absolute atomic E-state index is 1.28. The summed E-state index contributed by atoms with van der Waals surface area (Å²) >= 11 is 0. The van der Waals surface area contributed by atoms with Crippen LogP contribution < -0.4 is 0 Å². The number of rotatable bonds is 2. The molecule has 0 heterocycles. The Morgan fingerprint density at radius 1 is 0.308 bits per heavy atom. The van der Waals surface area contributed by atoms with Crippen molar-refractivity contribution in [3.8, 4) is 22.3 Å². The van der Waals surface area contributed by atoms with Crippen LogP contribution in [0, 0.1) is 0 Å². The second-order valence-electron chi connectivity index (χ2n) is 5.46. The fourth-order valence-electron chi connectivity index (χ4n) is 2.52. The molecule has 0 aliphatic heterocycles. The largest absolute Gasteiger partial charge is 0.461 e. The lowest BCUT2D eigenvalue weighted by Crippen LogP contribution is -1.73. The van der Waals surface area contributed by atoms with Crippen molar-refractivity contribution in [1.82, 2.24) is 0 Å². The molecule has 26 heavy (non-hydrogen) atoms. The molecule has 0 unspecified atom stereocenters. The van der Waals surface area contributed by atoms with Gasteiger partial charge in [0.2, 0.25) is 0 Å². The summed E-state index contributed by atoms with van der Waals surface area (Å²) in [5, 5.41) is 6.50. The molecule has 0 aromatic heterocycles. The van der Waals surface area contributed by atoms with Crippen LogP contribution in [0.25, 0.3) is 22.3 Å². The van der Waals surface area contributed by atoms with Gasteiger partial charge in [0.1, 0.15) is 0 Å². The second kappa shape index (κ2) is 11.5. The number of hydrogen-bond acceptors (Lipinski definition) is 1. The summed E-state index contributed by atoms with van der Waals surface area (Å²) in [6.45, 7) is 0. The molecule has 2 heteroatoms. The molecule has 0 aliphatic rings. The van der Waals surface area contributed by atoms with Gasteiger partial charge in [0.05, 0.1) is 0 Å².